The van der Waals surface area contributed by atoms with Crippen molar-refractivity contribution in [1.29, 1.82) is 0 Å². The van der Waals surface area contributed by atoms with Crippen molar-refractivity contribution in [2.45, 2.75) is 18.9 Å². The first-order valence-corrected chi connectivity index (χ1v) is 4.79. The van der Waals surface area contributed by atoms with Gasteiger partial charge in [-0.3, -0.25) is 0 Å². The van der Waals surface area contributed by atoms with Crippen LogP contribution < -0.4 is 5.73 Å². The Hall–Kier alpha value is -1.42. The Bertz CT molecular complexity index is 417. The number of hydrogen-bond donors (Lipinski definition) is 1. The molecule has 3 nitrogen and oxygen atoms in total. The SMILES string of the molecule is COC(=O)c1cc2c(cc1F)[C@H](N)CC2. The Kier molecular flexibility index (Phi) is 2.44. The molecule has 0 unspecified atom stereocenters. The molecule has 0 aromatic heterocycles. The van der Waals surface area contributed by atoms with E-state index in [9.17, 15) is 9.18 Å². The predicted octanol–water partition coefficient (Wildman–Crippen LogP) is 1.56. The number of rotatable bonds is 1. The number of carbonyl (C=O) groups excluding carboxylic acids is 1. The maximum absolute atomic E-state index is 13.5. The first-order chi connectivity index (χ1) is 7.13. The summed E-state index contributed by atoms with van der Waals surface area (Å²) in [5.74, 6) is -1.20. The van der Waals surface area contributed by atoms with Gasteiger partial charge >= 0.3 is 5.97 Å². The second-order valence-electron chi connectivity index (χ2n) is 3.67. The minimum Gasteiger partial charge on any atom is -0.465 e. The Morgan fingerprint density at radius 1 is 1.60 bits per heavy atom. The van der Waals surface area contributed by atoms with Crippen molar-refractivity contribution < 1.29 is 13.9 Å². The summed E-state index contributed by atoms with van der Waals surface area (Å²) < 4.78 is 18.0. The summed E-state index contributed by atoms with van der Waals surface area (Å²) in [4.78, 5) is 11.2. The van der Waals surface area contributed by atoms with E-state index in [1.54, 1.807) is 6.07 Å². The lowest BCUT2D eigenvalue weighted by Crippen LogP contribution is -2.09. The van der Waals surface area contributed by atoms with Crippen molar-refractivity contribution in [2.75, 3.05) is 7.11 Å². The van der Waals surface area contributed by atoms with E-state index in [2.05, 4.69) is 4.74 Å². The van der Waals surface area contributed by atoms with Crippen LogP contribution in [0, 0.1) is 5.82 Å². The second-order valence-corrected chi connectivity index (χ2v) is 3.67. The fourth-order valence-electron chi connectivity index (χ4n) is 1.93. The monoisotopic (exact) mass is 209 g/mol. The molecule has 2 N–H and O–H groups in total. The van der Waals surface area contributed by atoms with Crippen molar-refractivity contribution in [1.82, 2.24) is 0 Å². The summed E-state index contributed by atoms with van der Waals surface area (Å²) in [6.07, 6.45) is 1.60. The van der Waals surface area contributed by atoms with E-state index in [0.717, 1.165) is 24.0 Å². The second kappa shape index (κ2) is 3.62. The van der Waals surface area contributed by atoms with Crippen molar-refractivity contribution in [2.24, 2.45) is 5.73 Å². The molecule has 1 aromatic carbocycles. The molecule has 0 saturated carbocycles. The van der Waals surface area contributed by atoms with Crippen LogP contribution >= 0.6 is 0 Å². The fourth-order valence-corrected chi connectivity index (χ4v) is 1.93. The van der Waals surface area contributed by atoms with E-state index in [4.69, 9.17) is 5.73 Å². The van der Waals surface area contributed by atoms with Gasteiger partial charge in [-0.15, -0.1) is 0 Å². The number of ether oxygens (including phenoxy) is 1. The molecule has 4 heteroatoms. The van der Waals surface area contributed by atoms with Crippen LogP contribution in [0.25, 0.3) is 0 Å². The number of fused-ring (bicyclic) bond motifs is 1. The summed E-state index contributed by atoms with van der Waals surface area (Å²) in [7, 11) is 1.24. The third-order valence-corrected chi connectivity index (χ3v) is 2.76. The lowest BCUT2D eigenvalue weighted by Gasteiger charge is -2.07. The Labute approximate surface area is 87.0 Å². The molecule has 0 spiro atoms. The van der Waals surface area contributed by atoms with Crippen LogP contribution in [0.15, 0.2) is 12.1 Å². The Morgan fingerprint density at radius 3 is 3.00 bits per heavy atom. The quantitative estimate of drug-likeness (QED) is 0.714. The van der Waals surface area contributed by atoms with Gasteiger partial charge in [0, 0.05) is 6.04 Å². The van der Waals surface area contributed by atoms with Gasteiger partial charge in [0.15, 0.2) is 0 Å². The number of benzene rings is 1. The third-order valence-electron chi connectivity index (χ3n) is 2.76. The molecule has 1 atom stereocenters. The molecule has 0 radical (unpaired) electrons. The van der Waals surface area contributed by atoms with Gasteiger partial charge in [-0.25, -0.2) is 9.18 Å². The fraction of sp³-hybridized carbons (Fsp3) is 0.364. The summed E-state index contributed by atoms with van der Waals surface area (Å²) in [6.45, 7) is 0. The minimum atomic E-state index is -0.643. The first kappa shape index (κ1) is 10.1. The van der Waals surface area contributed by atoms with Gasteiger partial charge in [0.05, 0.1) is 12.7 Å². The average Bonchev–Trinajstić information content (AvgIpc) is 2.58. The molecule has 0 aliphatic heterocycles. The van der Waals surface area contributed by atoms with Crippen LogP contribution in [-0.2, 0) is 11.2 Å². The van der Waals surface area contributed by atoms with Crippen LogP contribution in [0.2, 0.25) is 0 Å². The Morgan fingerprint density at radius 2 is 2.33 bits per heavy atom. The van der Waals surface area contributed by atoms with Crippen molar-refractivity contribution in [3.05, 3.63) is 34.6 Å². The summed E-state index contributed by atoms with van der Waals surface area (Å²) >= 11 is 0. The number of nitrogens with two attached hydrogens (primary N) is 1. The van der Waals surface area contributed by atoms with E-state index in [0.29, 0.717) is 0 Å². The van der Waals surface area contributed by atoms with E-state index < -0.39 is 11.8 Å². The highest BCUT2D eigenvalue weighted by molar-refractivity contribution is 5.90. The average molecular weight is 209 g/mol. The molecule has 0 heterocycles. The summed E-state index contributed by atoms with van der Waals surface area (Å²) in [5.41, 5.74) is 7.54. The topological polar surface area (TPSA) is 52.3 Å². The lowest BCUT2D eigenvalue weighted by atomic mass is 10.0. The van der Waals surface area contributed by atoms with E-state index in [1.807, 2.05) is 0 Å². The minimum absolute atomic E-state index is 0.00894. The molecular weight excluding hydrogens is 197 g/mol. The number of methoxy groups -OCH3 is 1. The van der Waals surface area contributed by atoms with E-state index in [-0.39, 0.29) is 11.6 Å². The largest absolute Gasteiger partial charge is 0.465 e. The molecule has 0 fully saturated rings. The number of hydrogen-bond acceptors (Lipinski definition) is 3. The maximum atomic E-state index is 13.5. The van der Waals surface area contributed by atoms with Crippen LogP contribution in [0.1, 0.15) is 33.9 Å². The summed E-state index contributed by atoms with van der Waals surface area (Å²) in [6, 6.07) is 2.78. The van der Waals surface area contributed by atoms with Crippen LogP contribution in [0.3, 0.4) is 0 Å². The molecule has 0 saturated heterocycles. The smallest absolute Gasteiger partial charge is 0.340 e. The zero-order valence-electron chi connectivity index (χ0n) is 8.42. The zero-order chi connectivity index (χ0) is 11.0. The molecule has 15 heavy (non-hydrogen) atoms. The van der Waals surface area contributed by atoms with Gasteiger partial charge in [0.25, 0.3) is 0 Å². The number of carbonyl (C=O) groups is 1. The third kappa shape index (κ3) is 1.61. The molecule has 1 aliphatic rings. The standard InChI is InChI=1S/C11H12FNO2/c1-15-11(14)8-4-6-2-3-10(13)7(6)5-9(8)12/h4-5,10H,2-3,13H2,1H3/t10-/m1/s1. The highest BCUT2D eigenvalue weighted by atomic mass is 19.1. The number of halogens is 1. The van der Waals surface area contributed by atoms with Crippen LogP contribution in [0.5, 0.6) is 0 Å². The predicted molar refractivity (Wildman–Crippen MR) is 53.0 cm³/mol. The van der Waals surface area contributed by atoms with Crippen molar-refractivity contribution in [3.8, 4) is 0 Å². The van der Waals surface area contributed by atoms with Crippen LogP contribution in [-0.4, -0.2) is 13.1 Å². The van der Waals surface area contributed by atoms with E-state index >= 15 is 0 Å². The highest BCUT2D eigenvalue weighted by Gasteiger charge is 2.23. The highest BCUT2D eigenvalue weighted by Crippen LogP contribution is 2.31. The van der Waals surface area contributed by atoms with Gasteiger partial charge in [-0.05, 0) is 36.1 Å². The molecular formula is C11H12FNO2. The maximum Gasteiger partial charge on any atom is 0.340 e. The summed E-state index contributed by atoms with van der Waals surface area (Å²) in [5, 5.41) is 0. The molecule has 80 valence electrons. The number of esters is 1. The molecule has 0 bridgehead atoms. The van der Waals surface area contributed by atoms with Gasteiger partial charge in [0.2, 0.25) is 0 Å². The molecule has 0 amide bonds. The Balaban J connectivity index is 2.49. The normalized spacial score (nSPS) is 18.7. The zero-order valence-corrected chi connectivity index (χ0v) is 8.42. The van der Waals surface area contributed by atoms with Gasteiger partial charge in [0.1, 0.15) is 5.82 Å². The molecule has 1 aliphatic carbocycles. The van der Waals surface area contributed by atoms with Gasteiger partial charge < -0.3 is 10.5 Å². The number of aryl methyl sites for hydroxylation is 1. The first-order valence-electron chi connectivity index (χ1n) is 4.79. The van der Waals surface area contributed by atoms with E-state index in [1.165, 1.54) is 13.2 Å². The van der Waals surface area contributed by atoms with Gasteiger partial charge in [-0.2, -0.15) is 0 Å². The van der Waals surface area contributed by atoms with Crippen molar-refractivity contribution in [3.63, 3.8) is 0 Å². The van der Waals surface area contributed by atoms with Gasteiger partial charge in [-0.1, -0.05) is 0 Å². The molecule has 1 aromatic rings. The van der Waals surface area contributed by atoms with Crippen molar-refractivity contribution >= 4 is 5.97 Å². The lowest BCUT2D eigenvalue weighted by molar-refractivity contribution is 0.0595. The van der Waals surface area contributed by atoms with Crippen LogP contribution in [0.4, 0.5) is 4.39 Å². The molecule has 2 rings (SSSR count).